The minimum absolute atomic E-state index is 0.0195. The molecule has 0 N–H and O–H groups in total. The summed E-state index contributed by atoms with van der Waals surface area (Å²) in [6.07, 6.45) is 0.847. The van der Waals surface area contributed by atoms with Crippen molar-refractivity contribution in [2.75, 3.05) is 6.61 Å². The fraction of sp³-hybridized carbons (Fsp3) is 0.286. The molecule has 1 saturated carbocycles. The predicted molar refractivity (Wildman–Crippen MR) is 99.9 cm³/mol. The Morgan fingerprint density at radius 3 is 2.50 bits per heavy atom. The van der Waals surface area contributed by atoms with E-state index < -0.39 is 32.1 Å². The second-order valence-electron chi connectivity index (χ2n) is 7.19. The van der Waals surface area contributed by atoms with E-state index in [4.69, 9.17) is 11.3 Å². The molecular weight excluding hydrogens is 384 g/mol. The van der Waals surface area contributed by atoms with Crippen molar-refractivity contribution in [1.82, 2.24) is 0 Å². The van der Waals surface area contributed by atoms with Crippen molar-refractivity contribution in [3.8, 4) is 5.75 Å². The third-order valence-corrected chi connectivity index (χ3v) is 8.30. The van der Waals surface area contributed by atoms with Gasteiger partial charge in [0.2, 0.25) is 0 Å². The van der Waals surface area contributed by atoms with Gasteiger partial charge in [-0.05, 0) is 31.4 Å². The quantitative estimate of drug-likeness (QED) is 0.529. The molecule has 0 radical (unpaired) electrons. The van der Waals surface area contributed by atoms with Crippen LogP contribution in [0.15, 0.2) is 53.4 Å². The molecule has 2 aromatic carbocycles. The molecule has 1 fully saturated rings. The van der Waals surface area contributed by atoms with E-state index in [1.165, 1.54) is 24.3 Å². The summed E-state index contributed by atoms with van der Waals surface area (Å²) in [7, 11) is -4.12. The summed E-state index contributed by atoms with van der Waals surface area (Å²) < 4.78 is 60.9. The Labute approximate surface area is 162 Å². The first kappa shape index (κ1) is 18.6. The van der Waals surface area contributed by atoms with Gasteiger partial charge in [0.1, 0.15) is 10.6 Å². The number of benzene rings is 2. The van der Waals surface area contributed by atoms with Crippen LogP contribution in [-0.2, 0) is 14.6 Å². The highest BCUT2D eigenvalue weighted by Gasteiger charge is 2.58. The van der Waals surface area contributed by atoms with Crippen LogP contribution in [0.1, 0.15) is 24.8 Å². The van der Waals surface area contributed by atoms with E-state index in [2.05, 4.69) is 11.4 Å². The van der Waals surface area contributed by atoms with E-state index in [-0.39, 0.29) is 29.2 Å². The summed E-state index contributed by atoms with van der Waals surface area (Å²) in [4.78, 5) is 3.25. The average Bonchev–Trinajstić information content (AvgIpc) is 2.70. The Hall–Kier alpha value is -2.72. The molecule has 4 rings (SSSR count). The number of rotatable bonds is 2. The molecule has 0 aromatic heterocycles. The van der Waals surface area contributed by atoms with Crippen molar-refractivity contribution >= 4 is 15.5 Å². The van der Waals surface area contributed by atoms with E-state index >= 15 is 0 Å². The Kier molecular flexibility index (Phi) is 4.27. The number of nitrogens with zero attached hydrogens (tertiary/aromatic N) is 1. The maximum Gasteiger partial charge on any atom is 0.188 e. The zero-order valence-electron chi connectivity index (χ0n) is 14.9. The first-order chi connectivity index (χ1) is 13.3. The zero-order chi connectivity index (χ0) is 20.1. The standard InChI is InChI=1S/C21H17F2NO3S/c1-13-9-10-21(28(25,26)16-5-3-15(24-2)4-6-16)14(11-13)12-27-20-18(23)8-7-17(22)19(20)21/h3-8,14H,1,9-12H2/t14-,21+/m1/s1. The normalized spacial score (nSPS) is 23.9. The smallest absolute Gasteiger partial charge is 0.188 e. The lowest BCUT2D eigenvalue weighted by atomic mass is 9.71. The first-order valence-electron chi connectivity index (χ1n) is 8.81. The number of allylic oxidation sites excluding steroid dienone is 1. The SMILES string of the molecule is [C-]#[N+]c1ccc(S(=O)(=O)[C@@]23CCC(=C)C[C@@H]2COc2c(F)ccc(F)c23)cc1. The van der Waals surface area contributed by atoms with Crippen molar-refractivity contribution < 1.29 is 21.9 Å². The van der Waals surface area contributed by atoms with Crippen molar-refractivity contribution in [2.45, 2.75) is 28.9 Å². The van der Waals surface area contributed by atoms with Crippen LogP contribution < -0.4 is 4.74 Å². The van der Waals surface area contributed by atoms with Gasteiger partial charge in [0.25, 0.3) is 0 Å². The minimum atomic E-state index is -4.12. The van der Waals surface area contributed by atoms with Gasteiger partial charge in [0.05, 0.1) is 23.6 Å². The van der Waals surface area contributed by atoms with Crippen LogP contribution >= 0.6 is 0 Å². The molecule has 4 nitrogen and oxygen atoms in total. The third-order valence-electron chi connectivity index (χ3n) is 5.71. The molecule has 7 heteroatoms. The number of ether oxygens (including phenoxy) is 1. The molecule has 28 heavy (non-hydrogen) atoms. The van der Waals surface area contributed by atoms with Crippen molar-refractivity contribution in [3.05, 3.63) is 77.2 Å². The molecule has 0 amide bonds. The van der Waals surface area contributed by atoms with Crippen LogP contribution in [0.3, 0.4) is 0 Å². The van der Waals surface area contributed by atoms with Gasteiger partial charge < -0.3 is 4.74 Å². The highest BCUT2D eigenvalue weighted by Crippen LogP contribution is 2.57. The van der Waals surface area contributed by atoms with Crippen molar-refractivity contribution in [2.24, 2.45) is 5.92 Å². The highest BCUT2D eigenvalue weighted by atomic mass is 32.2. The van der Waals surface area contributed by atoms with E-state index in [1.54, 1.807) is 0 Å². The summed E-state index contributed by atoms with van der Waals surface area (Å²) in [6, 6.07) is 7.42. The number of sulfone groups is 1. The number of hydrogen-bond acceptors (Lipinski definition) is 3. The summed E-state index contributed by atoms with van der Waals surface area (Å²) in [5, 5.41) is 0. The van der Waals surface area contributed by atoms with Crippen LogP contribution in [0.4, 0.5) is 14.5 Å². The van der Waals surface area contributed by atoms with Gasteiger partial charge in [-0.2, -0.15) is 0 Å². The summed E-state index contributed by atoms with van der Waals surface area (Å²) in [5.41, 5.74) is 0.933. The molecule has 0 saturated heterocycles. The molecule has 2 atom stereocenters. The third kappa shape index (κ3) is 2.48. The van der Waals surface area contributed by atoms with E-state index in [0.717, 1.165) is 17.7 Å². The van der Waals surface area contributed by atoms with Crippen LogP contribution in [0, 0.1) is 24.1 Å². The molecule has 0 spiro atoms. The molecule has 2 aliphatic rings. The maximum absolute atomic E-state index is 15.0. The Balaban J connectivity index is 2.01. The van der Waals surface area contributed by atoms with Gasteiger partial charge in [-0.25, -0.2) is 22.0 Å². The summed E-state index contributed by atoms with van der Waals surface area (Å²) >= 11 is 0. The molecule has 1 heterocycles. The van der Waals surface area contributed by atoms with E-state index in [0.29, 0.717) is 18.5 Å². The maximum atomic E-state index is 15.0. The number of hydrogen-bond donors (Lipinski definition) is 0. The predicted octanol–water partition coefficient (Wildman–Crippen LogP) is 4.93. The highest BCUT2D eigenvalue weighted by molar-refractivity contribution is 7.92. The van der Waals surface area contributed by atoms with Crippen LogP contribution in [-0.4, -0.2) is 15.0 Å². The zero-order valence-corrected chi connectivity index (χ0v) is 15.7. The molecule has 2 aromatic rings. The summed E-state index contributed by atoms with van der Waals surface area (Å²) in [5.74, 6) is -2.49. The molecule has 1 aliphatic heterocycles. The largest absolute Gasteiger partial charge is 0.490 e. The van der Waals surface area contributed by atoms with Gasteiger partial charge in [0.15, 0.2) is 27.1 Å². The van der Waals surface area contributed by atoms with Crippen LogP contribution in [0.5, 0.6) is 5.75 Å². The molecule has 1 aliphatic carbocycles. The molecule has 0 unspecified atom stereocenters. The Bertz CT molecular complexity index is 1120. The van der Waals surface area contributed by atoms with E-state index in [9.17, 15) is 17.2 Å². The molecule has 144 valence electrons. The fourth-order valence-corrected chi connectivity index (χ4v) is 6.69. The van der Waals surface area contributed by atoms with Gasteiger partial charge >= 0.3 is 0 Å². The van der Waals surface area contributed by atoms with Crippen LogP contribution in [0.25, 0.3) is 4.85 Å². The van der Waals surface area contributed by atoms with E-state index in [1.807, 2.05) is 0 Å². The Morgan fingerprint density at radius 2 is 1.82 bits per heavy atom. The average molecular weight is 401 g/mol. The number of fused-ring (bicyclic) bond motifs is 3. The van der Waals surface area contributed by atoms with Gasteiger partial charge in [-0.1, -0.05) is 36.4 Å². The lowest BCUT2D eigenvalue weighted by Gasteiger charge is -2.47. The van der Waals surface area contributed by atoms with Crippen molar-refractivity contribution in [3.63, 3.8) is 0 Å². The van der Waals surface area contributed by atoms with Gasteiger partial charge in [-0.3, -0.25) is 0 Å². The topological polar surface area (TPSA) is 47.7 Å². The molecule has 0 bridgehead atoms. The van der Waals surface area contributed by atoms with Crippen LogP contribution in [0.2, 0.25) is 0 Å². The lowest BCUT2D eigenvalue weighted by molar-refractivity contribution is 0.141. The fourth-order valence-electron chi connectivity index (χ4n) is 4.36. The first-order valence-corrected chi connectivity index (χ1v) is 10.3. The summed E-state index contributed by atoms with van der Waals surface area (Å²) in [6.45, 7) is 11.0. The number of halogens is 2. The molecular formula is C21H17F2NO3S. The lowest BCUT2D eigenvalue weighted by Crippen LogP contribution is -2.51. The van der Waals surface area contributed by atoms with Crippen molar-refractivity contribution in [1.29, 1.82) is 0 Å². The Morgan fingerprint density at radius 1 is 1.14 bits per heavy atom. The minimum Gasteiger partial charge on any atom is -0.490 e. The second kappa shape index (κ2) is 6.42. The monoisotopic (exact) mass is 401 g/mol. The second-order valence-corrected chi connectivity index (χ2v) is 9.40. The van der Waals surface area contributed by atoms with Gasteiger partial charge in [0, 0.05) is 5.92 Å². The van der Waals surface area contributed by atoms with Gasteiger partial charge in [-0.15, -0.1) is 0 Å².